The van der Waals surface area contributed by atoms with Gasteiger partial charge in [-0.2, -0.15) is 0 Å². The van der Waals surface area contributed by atoms with Crippen LogP contribution in [0.3, 0.4) is 0 Å². The zero-order valence-corrected chi connectivity index (χ0v) is 11.9. The Balaban J connectivity index is 1.99. The molecule has 0 saturated heterocycles. The molecule has 6 nitrogen and oxygen atoms in total. The molecule has 0 bridgehead atoms. The molecule has 1 aromatic carbocycles. The lowest BCUT2D eigenvalue weighted by molar-refractivity contribution is 0.252. The van der Waals surface area contributed by atoms with Crippen molar-refractivity contribution in [2.45, 2.75) is 6.92 Å². The Morgan fingerprint density at radius 2 is 2.23 bits per heavy atom. The lowest BCUT2D eigenvalue weighted by atomic mass is 10.1. The maximum atomic E-state index is 14.6. The minimum absolute atomic E-state index is 0.174. The Bertz CT molecular complexity index is 815. The second-order valence-electron chi connectivity index (χ2n) is 4.63. The van der Waals surface area contributed by atoms with Gasteiger partial charge in [0.25, 0.3) is 0 Å². The molecular formula is C15H14FN5O. The fourth-order valence-electron chi connectivity index (χ4n) is 2.16. The number of carbonyl (C=O) groups excluding carboxylic acids is 1. The molecule has 0 radical (unpaired) electrons. The van der Waals surface area contributed by atoms with Gasteiger partial charge in [0, 0.05) is 30.1 Å². The number of pyridine rings is 1. The van der Waals surface area contributed by atoms with Crippen molar-refractivity contribution in [2.24, 2.45) is 0 Å². The van der Waals surface area contributed by atoms with E-state index in [1.54, 1.807) is 43.6 Å². The van der Waals surface area contributed by atoms with E-state index in [2.05, 4.69) is 25.6 Å². The average Bonchev–Trinajstić information content (AvgIpc) is 2.92. The summed E-state index contributed by atoms with van der Waals surface area (Å²) in [7, 11) is 0. The molecule has 7 heteroatoms. The number of fused-ring (bicyclic) bond motifs is 1. The molecule has 0 atom stereocenters. The fourth-order valence-corrected chi connectivity index (χ4v) is 2.16. The van der Waals surface area contributed by atoms with E-state index in [1.165, 1.54) is 0 Å². The van der Waals surface area contributed by atoms with Crippen LogP contribution in [0.4, 0.5) is 15.1 Å². The van der Waals surface area contributed by atoms with Crippen LogP contribution >= 0.6 is 0 Å². The van der Waals surface area contributed by atoms with Crippen LogP contribution in [0.15, 0.2) is 36.7 Å². The number of halogens is 1. The van der Waals surface area contributed by atoms with E-state index in [0.717, 1.165) is 0 Å². The predicted molar refractivity (Wildman–Crippen MR) is 82.0 cm³/mol. The van der Waals surface area contributed by atoms with Crippen molar-refractivity contribution < 1.29 is 9.18 Å². The molecule has 112 valence electrons. The van der Waals surface area contributed by atoms with Gasteiger partial charge >= 0.3 is 6.03 Å². The van der Waals surface area contributed by atoms with Crippen LogP contribution in [-0.4, -0.2) is 27.5 Å². The molecule has 0 unspecified atom stereocenters. The monoisotopic (exact) mass is 299 g/mol. The van der Waals surface area contributed by atoms with Gasteiger partial charge in [0.2, 0.25) is 5.95 Å². The number of aromatic amines is 1. The van der Waals surface area contributed by atoms with Gasteiger partial charge in [-0.05, 0) is 25.1 Å². The molecular weight excluding hydrogens is 285 g/mol. The van der Waals surface area contributed by atoms with Crippen molar-refractivity contribution in [3.05, 3.63) is 42.5 Å². The molecule has 0 aliphatic rings. The van der Waals surface area contributed by atoms with Gasteiger partial charge in [-0.15, -0.1) is 0 Å². The van der Waals surface area contributed by atoms with Crippen LogP contribution in [0.5, 0.6) is 0 Å². The number of rotatable bonds is 3. The number of benzene rings is 1. The Kier molecular flexibility index (Phi) is 3.69. The average molecular weight is 299 g/mol. The van der Waals surface area contributed by atoms with Gasteiger partial charge < -0.3 is 10.3 Å². The summed E-state index contributed by atoms with van der Waals surface area (Å²) < 4.78 is 14.6. The van der Waals surface area contributed by atoms with Crippen molar-refractivity contribution in [2.75, 3.05) is 11.9 Å². The molecule has 3 N–H and O–H groups in total. The fraction of sp³-hybridized carbons (Fsp3) is 0.133. The van der Waals surface area contributed by atoms with Crippen molar-refractivity contribution >= 4 is 23.0 Å². The second-order valence-corrected chi connectivity index (χ2v) is 4.63. The van der Waals surface area contributed by atoms with Crippen LogP contribution in [0.1, 0.15) is 6.92 Å². The lowest BCUT2D eigenvalue weighted by Crippen LogP contribution is -2.28. The van der Waals surface area contributed by atoms with Crippen molar-refractivity contribution in [1.82, 2.24) is 20.3 Å². The minimum atomic E-state index is -0.453. The highest BCUT2D eigenvalue weighted by atomic mass is 19.1. The number of anilines is 1. The molecule has 0 saturated carbocycles. The van der Waals surface area contributed by atoms with E-state index in [4.69, 9.17) is 0 Å². The van der Waals surface area contributed by atoms with E-state index in [1.807, 2.05) is 0 Å². The summed E-state index contributed by atoms with van der Waals surface area (Å²) in [5.41, 5.74) is 1.77. The number of nitrogens with zero attached hydrogens (tertiary/aromatic N) is 2. The predicted octanol–water partition coefficient (Wildman–Crippen LogP) is 2.91. The first-order chi connectivity index (χ1) is 10.7. The van der Waals surface area contributed by atoms with Crippen molar-refractivity contribution in [3.63, 3.8) is 0 Å². The molecule has 2 aromatic heterocycles. The first-order valence-electron chi connectivity index (χ1n) is 6.82. The Hall–Kier alpha value is -2.96. The standard InChI is InChI=1S/C15H14FN5O/c1-2-18-15(22)21-14-19-11-6-5-10(12(16)13(11)20-14)9-4-3-7-17-8-9/h3-8H,2H2,1H3,(H3,18,19,20,21,22). The van der Waals surface area contributed by atoms with Gasteiger partial charge in [0.15, 0.2) is 5.82 Å². The Labute approximate surface area is 125 Å². The molecule has 0 fully saturated rings. The number of amides is 2. The molecule has 2 amide bonds. The largest absolute Gasteiger partial charge is 0.338 e. The third-order valence-electron chi connectivity index (χ3n) is 3.13. The van der Waals surface area contributed by atoms with E-state index < -0.39 is 11.8 Å². The zero-order chi connectivity index (χ0) is 15.5. The third kappa shape index (κ3) is 2.60. The quantitative estimate of drug-likeness (QED) is 0.695. The summed E-state index contributed by atoms with van der Waals surface area (Å²) in [5, 5.41) is 5.10. The number of hydrogen-bond acceptors (Lipinski definition) is 3. The topological polar surface area (TPSA) is 82.7 Å². The number of urea groups is 1. The second kappa shape index (κ2) is 5.80. The Morgan fingerprint density at radius 3 is 2.95 bits per heavy atom. The van der Waals surface area contributed by atoms with Crippen molar-refractivity contribution in [1.29, 1.82) is 0 Å². The summed E-state index contributed by atoms with van der Waals surface area (Å²) in [5.74, 6) is -0.256. The van der Waals surface area contributed by atoms with Crippen LogP contribution in [0, 0.1) is 5.82 Å². The number of imidazole rings is 1. The highest BCUT2D eigenvalue weighted by Gasteiger charge is 2.14. The molecule has 3 aromatic rings. The molecule has 0 aliphatic heterocycles. The summed E-state index contributed by atoms with van der Waals surface area (Å²) in [6.45, 7) is 2.30. The van der Waals surface area contributed by atoms with Crippen LogP contribution in [0.2, 0.25) is 0 Å². The SMILES string of the molecule is CCNC(=O)Nc1nc2c(F)c(-c3cccnc3)ccc2[nH]1. The number of aromatic nitrogens is 3. The summed E-state index contributed by atoms with van der Waals surface area (Å²) in [4.78, 5) is 22.4. The normalized spacial score (nSPS) is 10.6. The van der Waals surface area contributed by atoms with Crippen LogP contribution in [-0.2, 0) is 0 Å². The van der Waals surface area contributed by atoms with Crippen LogP contribution in [0.25, 0.3) is 22.2 Å². The molecule has 3 rings (SSSR count). The highest BCUT2D eigenvalue weighted by Crippen LogP contribution is 2.28. The minimum Gasteiger partial charge on any atom is -0.338 e. The molecule has 2 heterocycles. The number of hydrogen-bond donors (Lipinski definition) is 3. The number of carbonyl (C=O) groups is 1. The van der Waals surface area contributed by atoms with Gasteiger partial charge in [-0.1, -0.05) is 6.07 Å². The number of H-pyrrole nitrogens is 1. The first kappa shape index (κ1) is 14.0. The Morgan fingerprint density at radius 1 is 1.36 bits per heavy atom. The smallest absolute Gasteiger partial charge is 0.321 e. The molecule has 0 aliphatic carbocycles. The zero-order valence-electron chi connectivity index (χ0n) is 11.9. The maximum absolute atomic E-state index is 14.6. The summed E-state index contributed by atoms with van der Waals surface area (Å²) in [6.07, 6.45) is 3.22. The van der Waals surface area contributed by atoms with E-state index >= 15 is 0 Å². The van der Waals surface area contributed by atoms with E-state index in [0.29, 0.717) is 23.2 Å². The summed E-state index contributed by atoms with van der Waals surface area (Å²) in [6, 6.07) is 6.50. The van der Waals surface area contributed by atoms with E-state index in [9.17, 15) is 9.18 Å². The van der Waals surface area contributed by atoms with Gasteiger partial charge in [0.05, 0.1) is 5.52 Å². The highest BCUT2D eigenvalue weighted by molar-refractivity contribution is 5.91. The lowest BCUT2D eigenvalue weighted by Gasteiger charge is -2.02. The maximum Gasteiger partial charge on any atom is 0.321 e. The third-order valence-corrected chi connectivity index (χ3v) is 3.13. The van der Waals surface area contributed by atoms with Gasteiger partial charge in [0.1, 0.15) is 5.52 Å². The van der Waals surface area contributed by atoms with Gasteiger partial charge in [-0.3, -0.25) is 10.3 Å². The van der Waals surface area contributed by atoms with Crippen molar-refractivity contribution in [3.8, 4) is 11.1 Å². The van der Waals surface area contributed by atoms with Crippen LogP contribution < -0.4 is 10.6 Å². The van der Waals surface area contributed by atoms with Gasteiger partial charge in [-0.25, -0.2) is 14.2 Å². The molecule has 22 heavy (non-hydrogen) atoms. The molecule has 0 spiro atoms. The first-order valence-corrected chi connectivity index (χ1v) is 6.82. The number of nitrogens with one attached hydrogen (secondary N) is 3. The summed E-state index contributed by atoms with van der Waals surface area (Å²) >= 11 is 0. The van der Waals surface area contributed by atoms with E-state index in [-0.39, 0.29) is 11.5 Å².